The van der Waals surface area contributed by atoms with E-state index in [1.54, 1.807) is 25.9 Å². The minimum Gasteiger partial charge on any atom is -0.477 e. The fourth-order valence-electron chi connectivity index (χ4n) is 4.93. The van der Waals surface area contributed by atoms with Crippen LogP contribution < -0.4 is 0 Å². The molecule has 0 aromatic heterocycles. The van der Waals surface area contributed by atoms with Crippen LogP contribution in [0.1, 0.15) is 33.1 Å². The quantitative estimate of drug-likeness (QED) is 0.441. The summed E-state index contributed by atoms with van der Waals surface area (Å²) >= 11 is 0. The number of carboxylic acids is 1. The third-order valence-corrected chi connectivity index (χ3v) is 6.29. The molecule has 0 radical (unpaired) electrons. The van der Waals surface area contributed by atoms with Crippen LogP contribution in [0.2, 0.25) is 0 Å². The summed E-state index contributed by atoms with van der Waals surface area (Å²) < 4.78 is 10.5. The van der Waals surface area contributed by atoms with Crippen LogP contribution in [0.3, 0.4) is 0 Å². The second kappa shape index (κ2) is 9.23. The van der Waals surface area contributed by atoms with Gasteiger partial charge in [0.15, 0.2) is 0 Å². The van der Waals surface area contributed by atoms with Crippen molar-refractivity contribution in [2.45, 2.75) is 57.3 Å². The van der Waals surface area contributed by atoms with Crippen LogP contribution in [-0.4, -0.2) is 82.5 Å². The molecule has 3 heterocycles. The Labute approximate surface area is 181 Å². The van der Waals surface area contributed by atoms with Gasteiger partial charge < -0.3 is 24.6 Å². The van der Waals surface area contributed by atoms with Crippen molar-refractivity contribution in [1.29, 1.82) is 0 Å². The number of likely N-dealkylation sites (tertiary alicyclic amines) is 1. The Kier molecular flexibility index (Phi) is 6.86. The monoisotopic (exact) mass is 434 g/mol. The first kappa shape index (κ1) is 23.0. The summed E-state index contributed by atoms with van der Waals surface area (Å²) in [4.78, 5) is 39.9. The summed E-state index contributed by atoms with van der Waals surface area (Å²) in [5.74, 6) is -2.13. The van der Waals surface area contributed by atoms with Crippen molar-refractivity contribution in [3.63, 3.8) is 0 Å². The number of amides is 2. The predicted molar refractivity (Wildman–Crippen MR) is 111 cm³/mol. The number of hydrogen-bond donors (Lipinski definition) is 2. The highest BCUT2D eigenvalue weighted by Crippen LogP contribution is 2.46. The minimum atomic E-state index is -1.17. The number of ether oxygens (including phenoxy) is 2. The predicted octanol–water partition coefficient (Wildman–Crippen LogP) is 1.68. The number of carbonyl (C=O) groups excluding carboxylic acids is 2. The molecule has 9 nitrogen and oxygen atoms in total. The van der Waals surface area contributed by atoms with E-state index in [4.69, 9.17) is 9.47 Å². The maximum absolute atomic E-state index is 12.6. The van der Waals surface area contributed by atoms with E-state index in [0.717, 1.165) is 6.42 Å². The number of carboxylic acid groups (broad SMARTS) is 1. The number of methoxy groups -OCH3 is 1. The van der Waals surface area contributed by atoms with Crippen LogP contribution in [0, 0.1) is 5.92 Å². The van der Waals surface area contributed by atoms with E-state index in [1.165, 1.54) is 11.0 Å². The molecule has 3 aliphatic rings. The molecule has 0 aromatic rings. The summed E-state index contributed by atoms with van der Waals surface area (Å²) in [5, 5.41) is 19.7. The van der Waals surface area contributed by atoms with Gasteiger partial charge in [0.25, 0.3) is 0 Å². The third kappa shape index (κ3) is 4.12. The normalized spacial score (nSPS) is 29.0. The topological polar surface area (TPSA) is 117 Å². The molecule has 31 heavy (non-hydrogen) atoms. The van der Waals surface area contributed by atoms with Gasteiger partial charge in [0.05, 0.1) is 36.8 Å². The largest absolute Gasteiger partial charge is 0.477 e. The molecule has 3 rings (SSSR count). The molecule has 0 bridgehead atoms. The van der Waals surface area contributed by atoms with Gasteiger partial charge in [-0.3, -0.25) is 9.69 Å². The summed E-state index contributed by atoms with van der Waals surface area (Å²) in [6.07, 6.45) is 3.84. The van der Waals surface area contributed by atoms with Gasteiger partial charge >= 0.3 is 12.1 Å². The van der Waals surface area contributed by atoms with Crippen LogP contribution >= 0.6 is 0 Å². The van der Waals surface area contributed by atoms with Gasteiger partial charge in [0, 0.05) is 7.11 Å². The second-order valence-electron chi connectivity index (χ2n) is 8.25. The average Bonchev–Trinajstić information content (AvgIpc) is 3.25. The lowest BCUT2D eigenvalue weighted by molar-refractivity contribution is -0.161. The highest BCUT2D eigenvalue weighted by Gasteiger charge is 2.56. The first-order chi connectivity index (χ1) is 14.7. The molecule has 2 N–H and O–H groups in total. The van der Waals surface area contributed by atoms with Gasteiger partial charge in [-0.05, 0) is 44.3 Å². The molecule has 2 fully saturated rings. The molecule has 9 heteroatoms. The third-order valence-electron chi connectivity index (χ3n) is 6.29. The van der Waals surface area contributed by atoms with Crippen LogP contribution in [0.25, 0.3) is 0 Å². The smallest absolute Gasteiger partial charge is 0.410 e. The van der Waals surface area contributed by atoms with Crippen molar-refractivity contribution in [2.24, 2.45) is 5.92 Å². The molecule has 0 spiro atoms. The van der Waals surface area contributed by atoms with Crippen LogP contribution in [0.15, 0.2) is 35.6 Å². The van der Waals surface area contributed by atoms with Gasteiger partial charge in [-0.15, -0.1) is 0 Å². The number of hydrogen-bond acceptors (Lipinski definition) is 6. The molecule has 3 aliphatic heterocycles. The van der Waals surface area contributed by atoms with E-state index in [1.807, 2.05) is 6.08 Å². The Morgan fingerprint density at radius 2 is 2.06 bits per heavy atom. The summed E-state index contributed by atoms with van der Waals surface area (Å²) in [7, 11) is 1.57. The molecule has 170 valence electrons. The van der Waals surface area contributed by atoms with Gasteiger partial charge in [-0.2, -0.15) is 0 Å². The van der Waals surface area contributed by atoms with Gasteiger partial charge in [-0.1, -0.05) is 18.7 Å². The van der Waals surface area contributed by atoms with Crippen molar-refractivity contribution < 1.29 is 34.1 Å². The SMILES string of the molecule is C=CCOC(=O)N1C(C=C(C)C2=C(C(=O)O)N3C(=O)[C@H]([C@@H](C)O)[C@H]3C2)CCC1COC. The van der Waals surface area contributed by atoms with Crippen LogP contribution in [-0.2, 0) is 19.1 Å². The Bertz CT molecular complexity index is 832. The van der Waals surface area contributed by atoms with E-state index < -0.39 is 24.1 Å². The Morgan fingerprint density at radius 1 is 1.35 bits per heavy atom. The number of β-lactam (4-membered cyclic amide) rings is 1. The number of allylic oxidation sites excluding steroid dienone is 1. The van der Waals surface area contributed by atoms with Crippen molar-refractivity contribution in [2.75, 3.05) is 20.3 Å². The first-order valence-corrected chi connectivity index (χ1v) is 10.4. The van der Waals surface area contributed by atoms with E-state index in [-0.39, 0.29) is 36.3 Å². The minimum absolute atomic E-state index is 0.0344. The Hall–Kier alpha value is -2.65. The highest BCUT2D eigenvalue weighted by molar-refractivity contribution is 6.00. The van der Waals surface area contributed by atoms with Gasteiger partial charge in [0.1, 0.15) is 12.3 Å². The lowest BCUT2D eigenvalue weighted by atomic mass is 9.82. The fourth-order valence-corrected chi connectivity index (χ4v) is 4.93. The van der Waals surface area contributed by atoms with Crippen LogP contribution in [0.5, 0.6) is 0 Å². The van der Waals surface area contributed by atoms with Crippen molar-refractivity contribution in [1.82, 2.24) is 9.80 Å². The number of aliphatic hydroxyl groups excluding tert-OH is 1. The van der Waals surface area contributed by atoms with E-state index in [2.05, 4.69) is 6.58 Å². The zero-order valence-corrected chi connectivity index (χ0v) is 18.1. The lowest BCUT2D eigenvalue weighted by Crippen LogP contribution is -2.61. The van der Waals surface area contributed by atoms with E-state index in [0.29, 0.717) is 30.6 Å². The molecule has 2 unspecified atom stereocenters. The summed E-state index contributed by atoms with van der Waals surface area (Å²) in [6, 6.07) is -0.777. The zero-order chi connectivity index (χ0) is 22.9. The zero-order valence-electron chi connectivity index (χ0n) is 18.1. The molecule has 0 aromatic carbocycles. The summed E-state index contributed by atoms with van der Waals surface area (Å²) in [6.45, 7) is 7.36. The van der Waals surface area contributed by atoms with E-state index >= 15 is 0 Å². The van der Waals surface area contributed by atoms with Crippen molar-refractivity contribution >= 4 is 18.0 Å². The molecule has 5 atom stereocenters. The van der Waals surface area contributed by atoms with Crippen molar-refractivity contribution in [3.05, 3.63) is 35.6 Å². The second-order valence-corrected chi connectivity index (χ2v) is 8.25. The lowest BCUT2D eigenvalue weighted by Gasteiger charge is -2.44. The van der Waals surface area contributed by atoms with Crippen molar-refractivity contribution in [3.8, 4) is 0 Å². The van der Waals surface area contributed by atoms with Gasteiger partial charge in [0.2, 0.25) is 5.91 Å². The fraction of sp³-hybridized carbons (Fsp3) is 0.591. The Morgan fingerprint density at radius 3 is 2.65 bits per heavy atom. The Balaban J connectivity index is 1.88. The number of fused-ring (bicyclic) bond motifs is 1. The number of rotatable bonds is 8. The molecule has 0 aliphatic carbocycles. The molecule has 2 saturated heterocycles. The maximum Gasteiger partial charge on any atom is 0.410 e. The number of carbonyl (C=O) groups is 3. The summed E-state index contributed by atoms with van der Waals surface area (Å²) in [5.41, 5.74) is 1.23. The van der Waals surface area contributed by atoms with Crippen LogP contribution in [0.4, 0.5) is 4.79 Å². The van der Waals surface area contributed by atoms with Gasteiger partial charge in [-0.25, -0.2) is 9.59 Å². The maximum atomic E-state index is 12.6. The average molecular weight is 434 g/mol. The number of aliphatic carboxylic acids is 1. The number of aliphatic hydroxyl groups is 1. The van der Waals surface area contributed by atoms with E-state index in [9.17, 15) is 24.6 Å². The highest BCUT2D eigenvalue weighted by atomic mass is 16.6. The first-order valence-electron chi connectivity index (χ1n) is 10.4. The molecule has 0 saturated carbocycles. The molecular formula is C22H30N2O7. The molecular weight excluding hydrogens is 404 g/mol. The standard InChI is InChI=1S/C22H30N2O7/c1-5-8-31-22(29)23-14(6-7-15(23)11-30-4)9-12(2)16-10-17-18(13(3)25)20(26)24(17)19(16)21(27)28/h5,9,13-15,17-18,25H,1,6-8,10-11H2,2-4H3,(H,27,28)/t13-,14?,15?,17-,18-/m1/s1. The molecule has 2 amide bonds. The number of nitrogens with zero attached hydrogens (tertiary/aromatic N) is 2.